The highest BCUT2D eigenvalue weighted by atomic mass is 35.5. The van der Waals surface area contributed by atoms with Gasteiger partial charge in [-0.1, -0.05) is 54.4 Å². The van der Waals surface area contributed by atoms with Crippen LogP contribution in [0.2, 0.25) is 10.0 Å². The van der Waals surface area contributed by atoms with Crippen molar-refractivity contribution in [1.82, 2.24) is 14.6 Å². The summed E-state index contributed by atoms with van der Waals surface area (Å²) in [7, 11) is 0. The molecule has 1 amide bonds. The van der Waals surface area contributed by atoms with Crippen LogP contribution in [0.25, 0.3) is 10.9 Å². The largest absolute Gasteiger partial charge is 0.327 e. The quantitative estimate of drug-likeness (QED) is 0.267. The molecule has 1 atom stereocenters. The summed E-state index contributed by atoms with van der Waals surface area (Å²) in [5.74, 6) is 1.33. The molecule has 0 radical (unpaired) electrons. The lowest BCUT2D eigenvalue weighted by Gasteiger charge is -2.32. The van der Waals surface area contributed by atoms with Crippen molar-refractivity contribution in [2.75, 3.05) is 12.0 Å². The van der Waals surface area contributed by atoms with Crippen LogP contribution in [0.5, 0.6) is 0 Å². The van der Waals surface area contributed by atoms with E-state index < -0.39 is 23.3 Å². The van der Waals surface area contributed by atoms with Gasteiger partial charge in [0.1, 0.15) is 6.04 Å². The maximum Gasteiger partial charge on any atom is 0.280 e. The second-order valence-electron chi connectivity index (χ2n) is 8.27. The molecule has 0 saturated carbocycles. The van der Waals surface area contributed by atoms with E-state index in [1.807, 2.05) is 25.1 Å². The van der Waals surface area contributed by atoms with Crippen molar-refractivity contribution in [1.29, 1.82) is 0 Å². The van der Waals surface area contributed by atoms with E-state index in [0.717, 1.165) is 0 Å². The summed E-state index contributed by atoms with van der Waals surface area (Å²) < 4.78 is 16.1. The summed E-state index contributed by atoms with van der Waals surface area (Å²) in [4.78, 5) is 33.5. The van der Waals surface area contributed by atoms with E-state index in [0.29, 0.717) is 28.0 Å². The van der Waals surface area contributed by atoms with E-state index in [9.17, 15) is 14.0 Å². The Morgan fingerprint density at radius 1 is 1.16 bits per heavy atom. The maximum atomic E-state index is 14.9. The Kier molecular flexibility index (Phi) is 8.12. The van der Waals surface area contributed by atoms with Crippen LogP contribution in [0.4, 0.5) is 10.1 Å². The number of nitrogens with zero attached hydrogens (tertiary/aromatic N) is 3. The number of carbonyl (C=O) groups is 1. The molecule has 188 valence electrons. The molecular weight excluding hydrogens is 514 g/mol. The van der Waals surface area contributed by atoms with Gasteiger partial charge in [-0.25, -0.2) is 14.1 Å². The van der Waals surface area contributed by atoms with E-state index in [-0.39, 0.29) is 29.4 Å². The zero-order valence-electron chi connectivity index (χ0n) is 19.9. The summed E-state index contributed by atoms with van der Waals surface area (Å²) in [6.07, 6.45) is 6.29. The average molecular weight is 537 g/mol. The number of fused-ring (bicyclic) bond motifs is 1. The highest BCUT2D eigenvalue weighted by Gasteiger charge is 2.31. The first kappa shape index (κ1) is 26.2. The molecule has 0 aliphatic rings. The third-order valence-corrected chi connectivity index (χ3v) is 6.29. The van der Waals surface area contributed by atoms with Gasteiger partial charge in [0.05, 0.1) is 27.2 Å². The molecule has 1 heterocycles. The Morgan fingerprint density at radius 2 is 1.92 bits per heavy atom. The van der Waals surface area contributed by atoms with Gasteiger partial charge < -0.3 is 4.90 Å². The number of hydrogen-bond donors (Lipinski definition) is 1. The Morgan fingerprint density at radius 3 is 2.62 bits per heavy atom. The molecule has 0 spiro atoms. The van der Waals surface area contributed by atoms with Gasteiger partial charge in [0.15, 0.2) is 11.6 Å². The van der Waals surface area contributed by atoms with Crippen LogP contribution < -0.4 is 11.0 Å². The number of hydrogen-bond acceptors (Lipinski definition) is 4. The van der Waals surface area contributed by atoms with Crippen LogP contribution >= 0.6 is 23.2 Å². The Labute approximate surface area is 223 Å². The van der Waals surface area contributed by atoms with Gasteiger partial charge in [0.25, 0.3) is 11.5 Å². The second-order valence-corrected chi connectivity index (χ2v) is 9.12. The van der Waals surface area contributed by atoms with E-state index in [2.05, 4.69) is 11.3 Å². The van der Waals surface area contributed by atoms with Gasteiger partial charge in [-0.05, 0) is 48.9 Å². The van der Waals surface area contributed by atoms with Crippen molar-refractivity contribution in [3.05, 3.63) is 104 Å². The Balaban J connectivity index is 1.95. The molecule has 0 bridgehead atoms. The van der Waals surface area contributed by atoms with E-state index >= 15 is 0 Å². The van der Waals surface area contributed by atoms with Crippen LogP contribution in [0.1, 0.15) is 42.0 Å². The molecular formula is C28H23Cl2FN4O2. The fourth-order valence-electron chi connectivity index (χ4n) is 4.07. The number of terminal acetylenes is 1. The number of anilines is 1. The molecule has 1 unspecified atom stereocenters. The number of aromatic nitrogens is 2. The number of carbonyl (C=O) groups excluding carboxylic acids is 1. The second kappa shape index (κ2) is 11.5. The monoisotopic (exact) mass is 536 g/mol. The minimum atomic E-state index is -0.872. The fraction of sp³-hybridized carbons (Fsp3) is 0.179. The third-order valence-electron chi connectivity index (χ3n) is 5.76. The van der Waals surface area contributed by atoms with Crippen molar-refractivity contribution in [3.8, 4) is 12.3 Å². The molecule has 1 N–H and O–H groups in total. The minimum Gasteiger partial charge on any atom is -0.327 e. The molecule has 4 rings (SSSR count). The van der Waals surface area contributed by atoms with Crippen molar-refractivity contribution in [3.63, 3.8) is 0 Å². The highest BCUT2D eigenvalue weighted by molar-refractivity contribution is 6.31. The zero-order chi connectivity index (χ0) is 26.5. The van der Waals surface area contributed by atoms with Gasteiger partial charge in [0.2, 0.25) is 0 Å². The van der Waals surface area contributed by atoms with Crippen LogP contribution in [0.15, 0.2) is 71.5 Å². The first-order chi connectivity index (χ1) is 17.8. The molecule has 3 aromatic carbocycles. The predicted molar refractivity (Wildman–Crippen MR) is 145 cm³/mol. The number of amides is 1. The standard InChI is InChI=1S/C28H23Cl2FN4O2/c1-3-9-24(34(16-4-2)27(36)21-12-8-13-22(30)25(21)31)26-32-23-17-18(29)14-15-20(23)28(37)35(26)33-19-10-6-5-7-11-19/h1,5-8,10-15,17,24,33H,4,9,16H2,2H3. The van der Waals surface area contributed by atoms with Gasteiger partial charge in [0, 0.05) is 18.0 Å². The topological polar surface area (TPSA) is 67.2 Å². The first-order valence-electron chi connectivity index (χ1n) is 11.6. The van der Waals surface area contributed by atoms with E-state index in [1.165, 1.54) is 27.8 Å². The number of rotatable bonds is 8. The average Bonchev–Trinajstić information content (AvgIpc) is 2.89. The van der Waals surface area contributed by atoms with Crippen LogP contribution in [-0.2, 0) is 0 Å². The lowest BCUT2D eigenvalue weighted by molar-refractivity contribution is 0.0662. The molecule has 37 heavy (non-hydrogen) atoms. The predicted octanol–water partition coefficient (Wildman–Crippen LogP) is 6.33. The van der Waals surface area contributed by atoms with Gasteiger partial charge in [-0.2, -0.15) is 0 Å². The van der Waals surface area contributed by atoms with Crippen LogP contribution in [-0.4, -0.2) is 27.0 Å². The maximum absolute atomic E-state index is 14.9. The number of para-hydroxylation sites is 1. The molecule has 0 saturated heterocycles. The fourth-order valence-corrected chi connectivity index (χ4v) is 4.41. The molecule has 1 aromatic heterocycles. The van der Waals surface area contributed by atoms with Crippen LogP contribution in [0.3, 0.4) is 0 Å². The van der Waals surface area contributed by atoms with Crippen molar-refractivity contribution < 1.29 is 9.18 Å². The van der Waals surface area contributed by atoms with Gasteiger partial charge in [-0.15, -0.1) is 12.3 Å². The lowest BCUT2D eigenvalue weighted by Crippen LogP contribution is -2.41. The van der Waals surface area contributed by atoms with E-state index in [4.69, 9.17) is 34.6 Å². The smallest absolute Gasteiger partial charge is 0.280 e. The summed E-state index contributed by atoms with van der Waals surface area (Å²) in [6, 6.07) is 17.2. The van der Waals surface area contributed by atoms with E-state index in [1.54, 1.807) is 30.3 Å². The Hall–Kier alpha value is -3.86. The molecule has 0 aliphatic heterocycles. The summed E-state index contributed by atoms with van der Waals surface area (Å²) >= 11 is 12.1. The number of benzene rings is 3. The SMILES string of the molecule is C#CCC(c1nc2cc(Cl)ccc2c(=O)n1Nc1ccccc1)N(CCC)C(=O)c1cccc(Cl)c1F. The minimum absolute atomic E-state index is 0.0168. The normalized spacial score (nSPS) is 11.6. The van der Waals surface area contributed by atoms with Crippen molar-refractivity contribution >= 4 is 45.7 Å². The summed E-state index contributed by atoms with van der Waals surface area (Å²) in [5, 5.41) is 0.553. The lowest BCUT2D eigenvalue weighted by atomic mass is 10.1. The summed E-state index contributed by atoms with van der Waals surface area (Å²) in [5.41, 5.74) is 3.46. The molecule has 0 aliphatic carbocycles. The first-order valence-corrected chi connectivity index (χ1v) is 12.3. The number of halogens is 3. The Bertz CT molecular complexity index is 1550. The van der Waals surface area contributed by atoms with Crippen molar-refractivity contribution in [2.24, 2.45) is 0 Å². The highest BCUT2D eigenvalue weighted by Crippen LogP contribution is 2.28. The van der Waals surface area contributed by atoms with Gasteiger partial charge >= 0.3 is 0 Å². The third kappa shape index (κ3) is 5.46. The van der Waals surface area contributed by atoms with Gasteiger partial charge in [-0.3, -0.25) is 15.0 Å². The molecule has 0 fully saturated rings. The number of nitrogens with one attached hydrogen (secondary N) is 1. The van der Waals surface area contributed by atoms with Crippen molar-refractivity contribution in [2.45, 2.75) is 25.8 Å². The molecule has 6 nitrogen and oxygen atoms in total. The van der Waals surface area contributed by atoms with Crippen LogP contribution in [0, 0.1) is 18.2 Å². The zero-order valence-corrected chi connectivity index (χ0v) is 21.4. The molecule has 9 heteroatoms. The molecule has 4 aromatic rings. The summed E-state index contributed by atoms with van der Waals surface area (Å²) in [6.45, 7) is 2.11.